The van der Waals surface area contributed by atoms with E-state index in [9.17, 15) is 21.6 Å². The number of ether oxygens (including phenoxy) is 3. The minimum absolute atomic E-state index is 0.0571. The van der Waals surface area contributed by atoms with Crippen molar-refractivity contribution in [2.75, 3.05) is 27.9 Å². The molecule has 1 aromatic heterocycles. The van der Waals surface area contributed by atoms with Crippen molar-refractivity contribution in [3.05, 3.63) is 71.5 Å². The molecule has 182 valence electrons. The van der Waals surface area contributed by atoms with Gasteiger partial charge in [0.1, 0.15) is 0 Å². The number of nitrogens with zero attached hydrogens (tertiary/aromatic N) is 2. The van der Waals surface area contributed by atoms with E-state index in [1.165, 1.54) is 31.7 Å². The average molecular weight is 497 g/mol. The van der Waals surface area contributed by atoms with Gasteiger partial charge in [-0.2, -0.15) is 17.5 Å². The van der Waals surface area contributed by atoms with Gasteiger partial charge in [-0.25, -0.2) is 8.42 Å². The van der Waals surface area contributed by atoms with Gasteiger partial charge in [0.25, 0.3) is 0 Å². The number of sulfonamides is 1. The van der Waals surface area contributed by atoms with Crippen LogP contribution in [0.2, 0.25) is 0 Å². The molecular weight excluding hydrogens is 473 g/mol. The molecule has 0 spiro atoms. The molecule has 0 aliphatic carbocycles. The predicted molar refractivity (Wildman–Crippen MR) is 118 cm³/mol. The maximum absolute atomic E-state index is 13.7. The van der Waals surface area contributed by atoms with E-state index in [0.717, 1.165) is 12.1 Å². The summed E-state index contributed by atoms with van der Waals surface area (Å²) in [6.45, 7) is 0.406. The van der Waals surface area contributed by atoms with Crippen molar-refractivity contribution in [2.24, 2.45) is 0 Å². The molecule has 34 heavy (non-hydrogen) atoms. The van der Waals surface area contributed by atoms with E-state index in [1.807, 2.05) is 10.8 Å². The van der Waals surface area contributed by atoms with Crippen molar-refractivity contribution >= 4 is 10.0 Å². The van der Waals surface area contributed by atoms with E-state index in [1.54, 1.807) is 24.3 Å². The van der Waals surface area contributed by atoms with Gasteiger partial charge in [0.15, 0.2) is 11.5 Å². The number of aromatic nitrogens is 1. The number of hydrogen-bond donors (Lipinski definition) is 0. The maximum Gasteiger partial charge on any atom is 0.416 e. The first-order valence-electron chi connectivity index (χ1n) is 10.3. The van der Waals surface area contributed by atoms with E-state index >= 15 is 0 Å². The van der Waals surface area contributed by atoms with Crippen molar-refractivity contribution in [2.45, 2.75) is 23.7 Å². The lowest BCUT2D eigenvalue weighted by Gasteiger charge is -2.36. The van der Waals surface area contributed by atoms with Crippen molar-refractivity contribution in [3.63, 3.8) is 0 Å². The second-order valence-electron chi connectivity index (χ2n) is 7.63. The summed E-state index contributed by atoms with van der Waals surface area (Å²) in [7, 11) is 0.0366. The monoisotopic (exact) mass is 496 g/mol. The molecule has 1 aliphatic heterocycles. The molecule has 1 aliphatic rings. The second kappa shape index (κ2) is 8.88. The van der Waals surface area contributed by atoms with Crippen LogP contribution in [0, 0.1) is 0 Å². The van der Waals surface area contributed by atoms with E-state index in [4.69, 9.17) is 14.2 Å². The van der Waals surface area contributed by atoms with E-state index in [2.05, 4.69) is 0 Å². The zero-order valence-electron chi connectivity index (χ0n) is 18.7. The molecule has 0 fully saturated rings. The summed E-state index contributed by atoms with van der Waals surface area (Å²) >= 11 is 0. The molecule has 3 aromatic rings. The highest BCUT2D eigenvalue weighted by Gasteiger charge is 2.40. The zero-order valence-corrected chi connectivity index (χ0v) is 19.5. The van der Waals surface area contributed by atoms with Crippen molar-refractivity contribution < 1.29 is 35.8 Å². The van der Waals surface area contributed by atoms with Crippen LogP contribution in [0.15, 0.2) is 59.6 Å². The molecule has 4 rings (SSSR count). The van der Waals surface area contributed by atoms with Gasteiger partial charge in [-0.15, -0.1) is 0 Å². The lowest BCUT2D eigenvalue weighted by molar-refractivity contribution is -0.137. The Balaban J connectivity index is 1.89. The summed E-state index contributed by atoms with van der Waals surface area (Å²) in [5, 5.41) is 0. The Morgan fingerprint density at radius 3 is 2.18 bits per heavy atom. The number of fused-ring (bicyclic) bond motifs is 1. The molecular formula is C23H23F3N2O5S. The number of rotatable bonds is 6. The quantitative estimate of drug-likeness (QED) is 0.508. The van der Waals surface area contributed by atoms with Gasteiger partial charge in [-0.05, 0) is 48.0 Å². The van der Waals surface area contributed by atoms with Crippen molar-refractivity contribution in [1.29, 1.82) is 0 Å². The minimum Gasteiger partial charge on any atom is -0.493 e. The number of halogens is 3. The van der Waals surface area contributed by atoms with Crippen LogP contribution < -0.4 is 14.2 Å². The fourth-order valence-corrected chi connectivity index (χ4v) is 5.81. The number of alkyl halides is 3. The Morgan fingerprint density at radius 1 is 0.912 bits per heavy atom. The molecule has 0 saturated carbocycles. The van der Waals surface area contributed by atoms with Gasteiger partial charge >= 0.3 is 6.18 Å². The third kappa shape index (κ3) is 4.09. The number of methoxy groups -OCH3 is 3. The molecule has 7 nitrogen and oxygen atoms in total. The fourth-order valence-electron chi connectivity index (χ4n) is 4.19. The highest BCUT2D eigenvalue weighted by Crippen LogP contribution is 2.44. The molecule has 2 aromatic carbocycles. The number of hydrogen-bond acceptors (Lipinski definition) is 5. The van der Waals surface area contributed by atoms with Gasteiger partial charge in [-0.1, -0.05) is 6.07 Å². The van der Waals surface area contributed by atoms with Crippen LogP contribution in [-0.2, 0) is 22.7 Å². The average Bonchev–Trinajstić information content (AvgIpc) is 3.31. The maximum atomic E-state index is 13.7. The Hall–Kier alpha value is -3.18. The highest BCUT2D eigenvalue weighted by atomic mass is 32.2. The van der Waals surface area contributed by atoms with Crippen LogP contribution >= 0.6 is 0 Å². The molecule has 1 unspecified atom stereocenters. The van der Waals surface area contributed by atoms with Crippen LogP contribution in [0.5, 0.6) is 17.2 Å². The summed E-state index contributed by atoms with van der Waals surface area (Å²) in [4.78, 5) is -0.431. The predicted octanol–water partition coefficient (Wildman–Crippen LogP) is 4.33. The summed E-state index contributed by atoms with van der Waals surface area (Å²) < 4.78 is 86.6. The van der Waals surface area contributed by atoms with Gasteiger partial charge in [0.2, 0.25) is 15.8 Å². The normalized spacial score (nSPS) is 16.7. The van der Waals surface area contributed by atoms with Crippen LogP contribution in [0.1, 0.15) is 22.9 Å². The minimum atomic E-state index is -4.67. The first-order valence-corrected chi connectivity index (χ1v) is 11.7. The smallest absolute Gasteiger partial charge is 0.416 e. The van der Waals surface area contributed by atoms with Crippen LogP contribution in [0.4, 0.5) is 13.2 Å². The van der Waals surface area contributed by atoms with E-state index in [-0.39, 0.29) is 6.54 Å². The third-order valence-electron chi connectivity index (χ3n) is 5.76. The van der Waals surface area contributed by atoms with Crippen molar-refractivity contribution in [1.82, 2.24) is 8.87 Å². The molecule has 0 saturated heterocycles. The standard InChI is InChI=1S/C23H23F3N2O5S/c1-31-19-12-15(13-20(32-2)22(19)33-3)21-18-8-5-9-27(18)10-11-28(21)34(29,30)17-7-4-6-16(14-17)23(24,25)26/h4-9,12-14,21H,10-11H2,1-3H3. The Morgan fingerprint density at radius 2 is 1.59 bits per heavy atom. The molecule has 0 bridgehead atoms. The summed E-state index contributed by atoms with van der Waals surface area (Å²) in [6.07, 6.45) is -2.84. The van der Waals surface area contributed by atoms with Crippen LogP contribution in [0.25, 0.3) is 0 Å². The molecule has 1 atom stereocenters. The molecule has 0 amide bonds. The Bertz CT molecular complexity index is 1280. The first kappa shape index (κ1) is 24.0. The van der Waals surface area contributed by atoms with Gasteiger partial charge < -0.3 is 18.8 Å². The van der Waals surface area contributed by atoms with Gasteiger partial charge in [-0.3, -0.25) is 0 Å². The number of benzene rings is 2. The Kier molecular flexibility index (Phi) is 6.26. The lowest BCUT2D eigenvalue weighted by Crippen LogP contribution is -2.42. The van der Waals surface area contributed by atoms with Gasteiger partial charge in [0, 0.05) is 25.0 Å². The SMILES string of the molecule is COc1cc(C2c3cccn3CCN2S(=O)(=O)c2cccc(C(F)(F)F)c2)cc(OC)c1OC. The summed E-state index contributed by atoms with van der Waals surface area (Å²) in [5.74, 6) is 1.00. The summed E-state index contributed by atoms with van der Waals surface area (Å²) in [5.41, 5.74) is 0.152. The molecule has 0 radical (unpaired) electrons. The lowest BCUT2D eigenvalue weighted by atomic mass is 10.0. The topological polar surface area (TPSA) is 70.0 Å². The Labute approximate surface area is 195 Å². The largest absolute Gasteiger partial charge is 0.493 e. The third-order valence-corrected chi connectivity index (χ3v) is 7.63. The fraction of sp³-hybridized carbons (Fsp3) is 0.304. The van der Waals surface area contributed by atoms with Crippen molar-refractivity contribution in [3.8, 4) is 17.2 Å². The summed E-state index contributed by atoms with van der Waals surface area (Å²) in [6, 6.07) is 9.79. The molecule has 11 heteroatoms. The van der Waals surface area contributed by atoms with Gasteiger partial charge in [0.05, 0.1) is 37.8 Å². The van der Waals surface area contributed by atoms with E-state index in [0.29, 0.717) is 41.1 Å². The molecule has 2 heterocycles. The second-order valence-corrected chi connectivity index (χ2v) is 9.52. The van der Waals surface area contributed by atoms with Crippen LogP contribution in [-0.4, -0.2) is 45.2 Å². The zero-order chi connectivity index (χ0) is 24.7. The molecule has 0 N–H and O–H groups in total. The first-order chi connectivity index (χ1) is 16.1. The van der Waals surface area contributed by atoms with Crippen LogP contribution in [0.3, 0.4) is 0 Å². The van der Waals surface area contributed by atoms with E-state index < -0.39 is 32.7 Å². The highest BCUT2D eigenvalue weighted by molar-refractivity contribution is 7.89.